The average molecular weight is 405 g/mol. The number of hydrogen-bond donors (Lipinski definition) is 7. The molecule has 1 heterocycles. The fourth-order valence-electron chi connectivity index (χ4n) is 2.44. The van der Waals surface area contributed by atoms with E-state index < -0.39 is 30.7 Å². The van der Waals surface area contributed by atoms with Crippen LogP contribution in [0, 0.1) is 0 Å². The molecule has 0 radical (unpaired) electrons. The van der Waals surface area contributed by atoms with E-state index in [4.69, 9.17) is 20.7 Å². The van der Waals surface area contributed by atoms with Gasteiger partial charge in [0, 0.05) is 6.20 Å². The number of aromatic carboxylic acids is 1. The number of pyridine rings is 1. The van der Waals surface area contributed by atoms with E-state index in [1.54, 1.807) is 6.07 Å². The molecule has 154 valence electrons. The number of nitrogens with zero attached hydrogens (tertiary/aromatic N) is 1. The molecule has 0 fully saturated rings. The maximum atomic E-state index is 12.1. The molecule has 1 aromatic carbocycles. The van der Waals surface area contributed by atoms with Crippen LogP contribution in [0.2, 0.25) is 0 Å². The van der Waals surface area contributed by atoms with Gasteiger partial charge in [-0.25, -0.2) is 9.78 Å². The number of phenols is 1. The Morgan fingerprint density at radius 3 is 2.48 bits per heavy atom. The molecule has 29 heavy (non-hydrogen) atoms. The van der Waals surface area contributed by atoms with Crippen molar-refractivity contribution in [3.63, 3.8) is 0 Å². The highest BCUT2D eigenvalue weighted by molar-refractivity contribution is 6.43. The third kappa shape index (κ3) is 7.48. The average Bonchev–Trinajstić information content (AvgIpc) is 2.63. The molecule has 0 aliphatic carbocycles. The van der Waals surface area contributed by atoms with Crippen LogP contribution < -0.4 is 11.1 Å². The number of carboxylic acids is 1. The molecular formula is C17H20BN3O8. The zero-order valence-corrected chi connectivity index (χ0v) is 15.1. The summed E-state index contributed by atoms with van der Waals surface area (Å²) in [5.41, 5.74) is 5.99. The van der Waals surface area contributed by atoms with Gasteiger partial charge in [-0.1, -0.05) is 12.1 Å². The molecular weight excluding hydrogens is 385 g/mol. The molecule has 2 rings (SSSR count). The molecule has 11 nitrogen and oxygen atoms in total. The lowest BCUT2D eigenvalue weighted by Gasteiger charge is -2.19. The van der Waals surface area contributed by atoms with Gasteiger partial charge in [0.1, 0.15) is 17.1 Å². The van der Waals surface area contributed by atoms with E-state index in [1.807, 2.05) is 0 Å². The molecule has 12 heteroatoms. The van der Waals surface area contributed by atoms with Crippen molar-refractivity contribution in [2.75, 3.05) is 5.73 Å². The number of aromatic hydroxyl groups is 1. The Balaban J connectivity index is 0.00000132. The molecule has 1 amide bonds. The van der Waals surface area contributed by atoms with Crippen LogP contribution in [0.5, 0.6) is 5.75 Å². The number of nitrogen functional groups attached to an aromatic ring is 1. The minimum absolute atomic E-state index is 0.0584. The van der Waals surface area contributed by atoms with Gasteiger partial charge in [-0.15, -0.1) is 0 Å². The smallest absolute Gasteiger partial charge is 0.475 e. The minimum Gasteiger partial charge on any atom is -0.507 e. The molecule has 0 aliphatic rings. The Hall–Kier alpha value is -3.64. The van der Waals surface area contributed by atoms with Gasteiger partial charge in [0.05, 0.1) is 12.4 Å². The molecule has 2 aromatic rings. The Morgan fingerprint density at radius 2 is 1.93 bits per heavy atom. The minimum atomic E-state index is -1.91. The molecule has 0 saturated carbocycles. The number of benzene rings is 1. The monoisotopic (exact) mass is 405 g/mol. The summed E-state index contributed by atoms with van der Waals surface area (Å²) in [7, 11) is -1.91. The van der Waals surface area contributed by atoms with Crippen LogP contribution >= 0.6 is 0 Å². The van der Waals surface area contributed by atoms with Crippen molar-refractivity contribution >= 4 is 31.3 Å². The van der Waals surface area contributed by atoms with Crippen LogP contribution in [0.3, 0.4) is 0 Å². The molecule has 1 atom stereocenters. The summed E-state index contributed by atoms with van der Waals surface area (Å²) < 4.78 is 0. The molecule has 0 saturated heterocycles. The first-order valence-corrected chi connectivity index (χ1v) is 8.17. The number of carboxylic acid groups (broad SMARTS) is 2. The van der Waals surface area contributed by atoms with Crippen LogP contribution in [0.25, 0.3) is 0 Å². The van der Waals surface area contributed by atoms with Crippen molar-refractivity contribution in [2.45, 2.75) is 18.8 Å². The van der Waals surface area contributed by atoms with Crippen molar-refractivity contribution in [3.05, 3.63) is 53.2 Å². The van der Waals surface area contributed by atoms with Gasteiger partial charge in [0.25, 0.3) is 6.47 Å². The highest BCUT2D eigenvalue weighted by Crippen LogP contribution is 2.24. The second-order valence-electron chi connectivity index (χ2n) is 5.78. The number of nitrogens with one attached hydrogen (secondary N) is 1. The van der Waals surface area contributed by atoms with Crippen LogP contribution in [0.4, 0.5) is 5.82 Å². The zero-order chi connectivity index (χ0) is 22.0. The van der Waals surface area contributed by atoms with E-state index in [-0.39, 0.29) is 36.3 Å². The third-order valence-corrected chi connectivity index (χ3v) is 3.71. The summed E-state index contributed by atoms with van der Waals surface area (Å²) >= 11 is 0. The Bertz CT molecular complexity index is 862. The van der Waals surface area contributed by atoms with Crippen molar-refractivity contribution in [2.24, 2.45) is 0 Å². The standard InChI is InChI=1S/C16H18BN3O6.CH2O2/c18-13-6-9(4-5-19-13)7-14(21)20-12(17(25)26)8-10-2-1-3-11(15(10)22)16(23)24;2-1-3/h1-6,12,22,25-26H,7-8H2,(H2,18,19)(H,20,21)(H,23,24);1H,(H,2,3)/t12-;/m0./s1. The number of aromatic nitrogens is 1. The number of rotatable bonds is 7. The van der Waals surface area contributed by atoms with Crippen LogP contribution in [-0.4, -0.2) is 61.8 Å². The fraction of sp³-hybridized carbons (Fsp3) is 0.176. The van der Waals surface area contributed by atoms with Gasteiger partial charge in [0.2, 0.25) is 5.91 Å². The third-order valence-electron chi connectivity index (χ3n) is 3.71. The highest BCUT2D eigenvalue weighted by atomic mass is 16.4. The number of hydrogen-bond acceptors (Lipinski definition) is 8. The number of para-hydroxylation sites is 1. The molecule has 0 spiro atoms. The lowest BCUT2D eigenvalue weighted by molar-refractivity contribution is -0.123. The van der Waals surface area contributed by atoms with Crippen molar-refractivity contribution in [1.82, 2.24) is 10.3 Å². The van der Waals surface area contributed by atoms with Crippen LogP contribution in [-0.2, 0) is 22.4 Å². The van der Waals surface area contributed by atoms with E-state index >= 15 is 0 Å². The van der Waals surface area contributed by atoms with Gasteiger partial charge in [-0.3, -0.25) is 9.59 Å². The maximum absolute atomic E-state index is 12.1. The molecule has 8 N–H and O–H groups in total. The topological polar surface area (TPSA) is 203 Å². The molecule has 0 bridgehead atoms. The predicted octanol–water partition coefficient (Wildman–Crippen LogP) is -0.950. The summed E-state index contributed by atoms with van der Waals surface area (Å²) in [6, 6.07) is 7.19. The van der Waals surface area contributed by atoms with Gasteiger partial charge >= 0.3 is 13.1 Å². The SMILES string of the molecule is Nc1cc(CC(=O)N[C@@H](Cc2cccc(C(=O)O)c2O)B(O)O)ccn1.O=CO. The summed E-state index contributed by atoms with van der Waals surface area (Å²) in [6.45, 7) is -0.250. The van der Waals surface area contributed by atoms with E-state index in [2.05, 4.69) is 10.3 Å². The second-order valence-corrected chi connectivity index (χ2v) is 5.78. The van der Waals surface area contributed by atoms with Crippen molar-refractivity contribution in [3.8, 4) is 5.75 Å². The zero-order valence-electron chi connectivity index (χ0n) is 15.1. The van der Waals surface area contributed by atoms with Crippen molar-refractivity contribution < 1.29 is 39.8 Å². The Labute approximate surface area is 165 Å². The van der Waals surface area contributed by atoms with E-state index in [9.17, 15) is 24.7 Å². The largest absolute Gasteiger partial charge is 0.507 e. The summed E-state index contributed by atoms with van der Waals surface area (Å²) in [6.07, 6.45) is 1.22. The van der Waals surface area contributed by atoms with Crippen molar-refractivity contribution in [1.29, 1.82) is 0 Å². The molecule has 0 unspecified atom stereocenters. The predicted molar refractivity (Wildman–Crippen MR) is 102 cm³/mol. The Kier molecular flexibility index (Phi) is 9.09. The van der Waals surface area contributed by atoms with E-state index in [1.165, 1.54) is 30.5 Å². The first-order valence-electron chi connectivity index (χ1n) is 8.17. The number of anilines is 1. The van der Waals surface area contributed by atoms with E-state index in [0.29, 0.717) is 5.56 Å². The first kappa shape index (κ1) is 23.4. The quantitative estimate of drug-likeness (QED) is 0.222. The lowest BCUT2D eigenvalue weighted by atomic mass is 9.75. The highest BCUT2D eigenvalue weighted by Gasteiger charge is 2.27. The summed E-state index contributed by atoms with van der Waals surface area (Å²) in [4.78, 5) is 35.4. The molecule has 0 aliphatic heterocycles. The summed E-state index contributed by atoms with van der Waals surface area (Å²) in [5, 5.41) is 47.4. The number of amides is 1. The Morgan fingerprint density at radius 1 is 1.28 bits per heavy atom. The van der Waals surface area contributed by atoms with Gasteiger partial charge < -0.3 is 36.4 Å². The lowest BCUT2D eigenvalue weighted by Crippen LogP contribution is -2.48. The van der Waals surface area contributed by atoms with Crippen LogP contribution in [0.15, 0.2) is 36.5 Å². The number of carbonyl (C=O) groups is 3. The second kappa shape index (κ2) is 11.3. The number of nitrogens with two attached hydrogens (primary N) is 1. The molecule has 1 aromatic heterocycles. The van der Waals surface area contributed by atoms with Gasteiger partial charge in [-0.05, 0) is 35.7 Å². The summed E-state index contributed by atoms with van der Waals surface area (Å²) in [5.74, 6) is -3.18. The van der Waals surface area contributed by atoms with Gasteiger partial charge in [-0.2, -0.15) is 0 Å². The normalized spacial score (nSPS) is 10.8. The number of carbonyl (C=O) groups excluding carboxylic acids is 1. The van der Waals surface area contributed by atoms with Crippen LogP contribution in [0.1, 0.15) is 21.5 Å². The fourth-order valence-corrected chi connectivity index (χ4v) is 2.44. The maximum Gasteiger partial charge on any atom is 0.475 e. The van der Waals surface area contributed by atoms with Gasteiger partial charge in [0.15, 0.2) is 0 Å². The first-order chi connectivity index (χ1) is 13.7. The van der Waals surface area contributed by atoms with E-state index in [0.717, 1.165) is 0 Å².